The molecule has 0 spiro atoms. The van der Waals surface area contributed by atoms with Crippen molar-refractivity contribution >= 4 is 38.9 Å². The van der Waals surface area contributed by atoms with Crippen molar-refractivity contribution in [2.75, 3.05) is 24.2 Å². The van der Waals surface area contributed by atoms with Crippen molar-refractivity contribution in [1.82, 2.24) is 14.7 Å². The Balaban J connectivity index is 0.00000288. The molecule has 0 aliphatic heterocycles. The van der Waals surface area contributed by atoms with Gasteiger partial charge in [0.25, 0.3) is 0 Å². The van der Waals surface area contributed by atoms with E-state index in [9.17, 15) is 8.42 Å². The molecule has 2 rings (SSSR count). The highest BCUT2D eigenvalue weighted by Gasteiger charge is 2.05. The van der Waals surface area contributed by atoms with E-state index in [2.05, 4.69) is 20.0 Å². The van der Waals surface area contributed by atoms with Gasteiger partial charge in [-0.15, -0.1) is 23.7 Å². The first-order chi connectivity index (χ1) is 11.1. The molecule has 0 aliphatic rings. The van der Waals surface area contributed by atoms with E-state index in [4.69, 9.17) is 0 Å². The summed E-state index contributed by atoms with van der Waals surface area (Å²) in [7, 11) is -3.06. The zero-order valence-corrected chi connectivity index (χ0v) is 16.0. The summed E-state index contributed by atoms with van der Waals surface area (Å²) < 4.78 is 25.1. The Labute approximate surface area is 153 Å². The van der Waals surface area contributed by atoms with Gasteiger partial charge in [0.15, 0.2) is 5.13 Å². The second kappa shape index (κ2) is 10.6. The fraction of sp³-hybridized carbons (Fsp3) is 0.467. The minimum atomic E-state index is -3.06. The van der Waals surface area contributed by atoms with Crippen LogP contribution in [0.5, 0.6) is 0 Å². The molecule has 0 fully saturated rings. The topological polar surface area (TPSA) is 84.0 Å². The summed E-state index contributed by atoms with van der Waals surface area (Å²) in [5.74, 6) is 0.136. The van der Waals surface area contributed by atoms with Gasteiger partial charge in [-0.1, -0.05) is 12.5 Å². The van der Waals surface area contributed by atoms with E-state index in [-0.39, 0.29) is 18.2 Å². The van der Waals surface area contributed by atoms with Crippen LogP contribution in [-0.4, -0.2) is 37.2 Å². The van der Waals surface area contributed by atoms with Crippen molar-refractivity contribution in [2.24, 2.45) is 0 Å². The van der Waals surface area contributed by atoms with Crippen LogP contribution in [0.2, 0.25) is 0 Å². The molecule has 0 amide bonds. The quantitative estimate of drug-likeness (QED) is 0.609. The van der Waals surface area contributed by atoms with E-state index >= 15 is 0 Å². The minimum absolute atomic E-state index is 0. The van der Waals surface area contributed by atoms with Gasteiger partial charge in [0.05, 0.1) is 11.4 Å². The number of rotatable bonds is 10. The maximum atomic E-state index is 11.3. The highest BCUT2D eigenvalue weighted by atomic mass is 35.5. The molecule has 0 bridgehead atoms. The molecule has 24 heavy (non-hydrogen) atoms. The molecule has 0 radical (unpaired) electrons. The van der Waals surface area contributed by atoms with Crippen LogP contribution in [0.15, 0.2) is 29.8 Å². The van der Waals surface area contributed by atoms with Crippen molar-refractivity contribution < 1.29 is 8.42 Å². The molecule has 6 nitrogen and oxygen atoms in total. The van der Waals surface area contributed by atoms with Gasteiger partial charge in [0.2, 0.25) is 10.0 Å². The first kappa shape index (κ1) is 20.8. The molecular formula is C15H23ClN4O2S2. The van der Waals surface area contributed by atoms with Crippen LogP contribution in [0.25, 0.3) is 11.4 Å². The van der Waals surface area contributed by atoms with Crippen molar-refractivity contribution in [1.29, 1.82) is 0 Å². The third kappa shape index (κ3) is 7.12. The SMILES string of the molecule is CCS(=O)(=O)NCCCCCNc1nc(-c2ccccn2)cs1.Cl. The standard InChI is InChI=1S/C15H22N4O2S2.ClH/c1-2-23(20,21)18-11-6-3-5-10-17-15-19-14(12-22-15)13-8-4-7-9-16-13;/h4,7-9,12,18H,2-3,5-6,10-11H2,1H3,(H,17,19);1H. The molecule has 0 unspecified atom stereocenters. The van der Waals surface area contributed by atoms with E-state index in [0.29, 0.717) is 6.54 Å². The molecule has 0 atom stereocenters. The van der Waals surface area contributed by atoms with Crippen molar-refractivity contribution in [2.45, 2.75) is 26.2 Å². The second-order valence-corrected chi connectivity index (χ2v) is 7.99. The number of hydrogen-bond donors (Lipinski definition) is 2. The monoisotopic (exact) mass is 390 g/mol. The average Bonchev–Trinajstić information content (AvgIpc) is 3.04. The summed E-state index contributed by atoms with van der Waals surface area (Å²) in [6.07, 6.45) is 4.55. The number of nitrogens with one attached hydrogen (secondary N) is 2. The van der Waals surface area contributed by atoms with Gasteiger partial charge < -0.3 is 5.32 Å². The number of thiazole rings is 1. The van der Waals surface area contributed by atoms with Crippen molar-refractivity contribution in [3.63, 3.8) is 0 Å². The van der Waals surface area contributed by atoms with Gasteiger partial charge in [0.1, 0.15) is 5.69 Å². The van der Waals surface area contributed by atoms with Crippen LogP contribution < -0.4 is 10.0 Å². The number of halogens is 1. The first-order valence-corrected chi connectivity index (χ1v) is 10.2. The summed E-state index contributed by atoms with van der Waals surface area (Å²) in [5, 5.41) is 6.17. The van der Waals surface area contributed by atoms with Crippen molar-refractivity contribution in [3.8, 4) is 11.4 Å². The largest absolute Gasteiger partial charge is 0.362 e. The molecule has 0 saturated carbocycles. The summed E-state index contributed by atoms with van der Waals surface area (Å²) in [6, 6.07) is 5.77. The smallest absolute Gasteiger partial charge is 0.211 e. The fourth-order valence-corrected chi connectivity index (χ4v) is 3.33. The summed E-state index contributed by atoms with van der Waals surface area (Å²) in [4.78, 5) is 8.79. The lowest BCUT2D eigenvalue weighted by Gasteiger charge is -2.05. The molecule has 0 aliphatic carbocycles. The van der Waals surface area contributed by atoms with Crippen LogP contribution in [-0.2, 0) is 10.0 Å². The Morgan fingerprint density at radius 1 is 1.12 bits per heavy atom. The summed E-state index contributed by atoms with van der Waals surface area (Å²) in [6.45, 7) is 2.98. The predicted octanol–water partition coefficient (Wildman–Crippen LogP) is 3.15. The Hall–Kier alpha value is -1.22. The molecule has 2 N–H and O–H groups in total. The van der Waals surface area contributed by atoms with Gasteiger partial charge in [-0.05, 0) is 31.9 Å². The molecular weight excluding hydrogens is 368 g/mol. The van der Waals surface area contributed by atoms with Crippen LogP contribution in [0.1, 0.15) is 26.2 Å². The maximum absolute atomic E-state index is 11.3. The Bertz CT molecular complexity index is 693. The lowest BCUT2D eigenvalue weighted by molar-refractivity contribution is 0.576. The van der Waals surface area contributed by atoms with E-state index in [1.807, 2.05) is 23.6 Å². The highest BCUT2D eigenvalue weighted by Crippen LogP contribution is 2.22. The van der Waals surface area contributed by atoms with E-state index in [1.165, 1.54) is 0 Å². The highest BCUT2D eigenvalue weighted by molar-refractivity contribution is 7.89. The second-order valence-electron chi connectivity index (χ2n) is 5.04. The normalized spacial score (nSPS) is 11.0. The third-order valence-electron chi connectivity index (χ3n) is 3.26. The van der Waals surface area contributed by atoms with Crippen LogP contribution in [0.3, 0.4) is 0 Å². The third-order valence-corrected chi connectivity index (χ3v) is 5.47. The summed E-state index contributed by atoms with van der Waals surface area (Å²) >= 11 is 1.57. The maximum Gasteiger partial charge on any atom is 0.211 e. The number of hydrogen-bond acceptors (Lipinski definition) is 6. The van der Waals surface area contributed by atoms with Gasteiger partial charge in [-0.2, -0.15) is 0 Å². The van der Waals surface area contributed by atoms with Crippen LogP contribution >= 0.6 is 23.7 Å². The number of anilines is 1. The van der Waals surface area contributed by atoms with Crippen LogP contribution in [0.4, 0.5) is 5.13 Å². The fourth-order valence-electron chi connectivity index (χ4n) is 1.94. The Morgan fingerprint density at radius 3 is 2.62 bits per heavy atom. The molecule has 9 heteroatoms. The molecule has 0 aromatic carbocycles. The van der Waals surface area contributed by atoms with Gasteiger partial charge in [0, 0.05) is 24.7 Å². The molecule has 134 valence electrons. The number of pyridine rings is 1. The van der Waals surface area contributed by atoms with E-state index in [1.54, 1.807) is 24.5 Å². The summed E-state index contributed by atoms with van der Waals surface area (Å²) in [5.41, 5.74) is 1.76. The number of unbranched alkanes of at least 4 members (excludes halogenated alkanes) is 2. The van der Waals surface area contributed by atoms with E-state index in [0.717, 1.165) is 42.3 Å². The van der Waals surface area contributed by atoms with Crippen molar-refractivity contribution in [3.05, 3.63) is 29.8 Å². The predicted molar refractivity (Wildman–Crippen MR) is 102 cm³/mol. The lowest BCUT2D eigenvalue weighted by atomic mass is 10.2. The van der Waals surface area contributed by atoms with Gasteiger partial charge in [-0.3, -0.25) is 4.98 Å². The van der Waals surface area contributed by atoms with Gasteiger partial charge >= 0.3 is 0 Å². The Kier molecular flexibility index (Phi) is 9.20. The zero-order valence-electron chi connectivity index (χ0n) is 13.6. The molecule has 2 aromatic rings. The average molecular weight is 391 g/mol. The number of aromatic nitrogens is 2. The van der Waals surface area contributed by atoms with Crippen LogP contribution in [0, 0.1) is 0 Å². The first-order valence-electron chi connectivity index (χ1n) is 7.69. The minimum Gasteiger partial charge on any atom is -0.362 e. The van der Waals surface area contributed by atoms with E-state index < -0.39 is 10.0 Å². The number of sulfonamides is 1. The molecule has 2 aromatic heterocycles. The molecule has 0 saturated heterocycles. The lowest BCUT2D eigenvalue weighted by Crippen LogP contribution is -2.26. The number of nitrogens with zero attached hydrogens (tertiary/aromatic N) is 2. The van der Waals surface area contributed by atoms with Gasteiger partial charge in [-0.25, -0.2) is 18.1 Å². The Morgan fingerprint density at radius 2 is 1.92 bits per heavy atom. The molecule has 2 heterocycles. The zero-order chi connectivity index (χ0) is 16.5.